The number of hydrogen-bond acceptors (Lipinski definition) is 4. The first-order valence-electron chi connectivity index (χ1n) is 8.53. The molecule has 136 valence electrons. The van der Waals surface area contributed by atoms with Gasteiger partial charge in [0.1, 0.15) is 16.7 Å². The molecular weight excluding hydrogens is 358 g/mol. The van der Waals surface area contributed by atoms with Crippen LogP contribution < -0.4 is 10.2 Å². The first-order valence-corrected chi connectivity index (χ1v) is 9.40. The summed E-state index contributed by atoms with van der Waals surface area (Å²) in [5, 5.41) is 12.0. The monoisotopic (exact) mass is 377 g/mol. The average molecular weight is 377 g/mol. The van der Waals surface area contributed by atoms with Crippen molar-refractivity contribution in [2.75, 3.05) is 11.9 Å². The molecule has 1 N–H and O–H groups in total. The van der Waals surface area contributed by atoms with Gasteiger partial charge in [0.2, 0.25) is 5.91 Å². The number of anilines is 1. The first-order chi connectivity index (χ1) is 13.0. The molecule has 0 radical (unpaired) electrons. The number of nitrogens with zero attached hydrogens (tertiary/aromatic N) is 2. The van der Waals surface area contributed by atoms with Crippen LogP contribution in [-0.4, -0.2) is 24.1 Å². The standard InChI is InChI=1S/C21H19N3O2S/c1-14-8-10-16(11-9-14)24-20(26)18(12-15-6-4-3-5-7-15)27-21(24)17(13-22)19(25)23-2/h3-11,18H,12H2,1-2H3,(H,23,25)/b21-17+/t18-/m1/s1. The van der Waals surface area contributed by atoms with Gasteiger partial charge in [-0.15, -0.1) is 0 Å². The van der Waals surface area contributed by atoms with E-state index < -0.39 is 11.2 Å². The lowest BCUT2D eigenvalue weighted by Gasteiger charge is -2.18. The zero-order chi connectivity index (χ0) is 19.4. The Labute approximate surface area is 162 Å². The molecule has 2 aromatic carbocycles. The van der Waals surface area contributed by atoms with Crippen molar-refractivity contribution in [2.45, 2.75) is 18.6 Å². The second kappa shape index (κ2) is 8.11. The van der Waals surface area contributed by atoms with Crippen LogP contribution in [-0.2, 0) is 16.0 Å². The average Bonchev–Trinajstić information content (AvgIpc) is 3.00. The molecule has 2 amide bonds. The van der Waals surface area contributed by atoms with Gasteiger partial charge in [0.25, 0.3) is 5.91 Å². The van der Waals surface area contributed by atoms with Gasteiger partial charge in [-0.3, -0.25) is 14.5 Å². The number of aryl methyl sites for hydroxylation is 1. The molecule has 1 saturated heterocycles. The molecule has 0 aromatic heterocycles. The third kappa shape index (κ3) is 3.88. The largest absolute Gasteiger partial charge is 0.354 e. The fourth-order valence-electron chi connectivity index (χ4n) is 2.87. The van der Waals surface area contributed by atoms with Crippen molar-refractivity contribution in [3.05, 3.63) is 76.3 Å². The SMILES string of the molecule is CNC(=O)/C(C#N)=C1/S[C@H](Cc2ccccc2)C(=O)N1c1ccc(C)cc1. The minimum atomic E-state index is -0.495. The minimum Gasteiger partial charge on any atom is -0.354 e. The summed E-state index contributed by atoms with van der Waals surface area (Å²) in [7, 11) is 1.47. The normalized spacial score (nSPS) is 18.2. The summed E-state index contributed by atoms with van der Waals surface area (Å²) >= 11 is 1.27. The van der Waals surface area contributed by atoms with E-state index in [2.05, 4.69) is 5.32 Å². The van der Waals surface area contributed by atoms with Gasteiger partial charge in [0.15, 0.2) is 0 Å². The number of carbonyl (C=O) groups is 2. The van der Waals surface area contributed by atoms with Crippen molar-refractivity contribution in [1.82, 2.24) is 5.32 Å². The minimum absolute atomic E-state index is 0.0491. The second-order valence-corrected chi connectivity index (χ2v) is 7.37. The maximum atomic E-state index is 13.2. The van der Waals surface area contributed by atoms with Crippen LogP contribution in [0.5, 0.6) is 0 Å². The van der Waals surface area contributed by atoms with Gasteiger partial charge >= 0.3 is 0 Å². The molecule has 3 rings (SSSR count). The van der Waals surface area contributed by atoms with Crippen LogP contribution in [0.4, 0.5) is 5.69 Å². The van der Waals surface area contributed by atoms with Crippen LogP contribution >= 0.6 is 11.8 Å². The number of hydrogen-bond donors (Lipinski definition) is 1. The number of thioether (sulfide) groups is 1. The number of likely N-dealkylation sites (N-methyl/N-ethyl adjacent to an activating group) is 1. The molecule has 27 heavy (non-hydrogen) atoms. The lowest BCUT2D eigenvalue weighted by molar-refractivity contribution is -0.117. The Morgan fingerprint density at radius 2 is 1.85 bits per heavy atom. The second-order valence-electron chi connectivity index (χ2n) is 6.18. The van der Waals surface area contributed by atoms with Crippen LogP contribution in [0.15, 0.2) is 65.2 Å². The van der Waals surface area contributed by atoms with E-state index in [1.807, 2.05) is 67.6 Å². The van der Waals surface area contributed by atoms with Crippen LogP contribution in [0.3, 0.4) is 0 Å². The van der Waals surface area contributed by atoms with E-state index in [-0.39, 0.29) is 11.5 Å². The van der Waals surface area contributed by atoms with E-state index in [0.717, 1.165) is 11.1 Å². The van der Waals surface area contributed by atoms with E-state index in [9.17, 15) is 14.9 Å². The van der Waals surface area contributed by atoms with Crippen LogP contribution in [0, 0.1) is 18.3 Å². The third-order valence-electron chi connectivity index (χ3n) is 4.29. The van der Waals surface area contributed by atoms with Crippen molar-refractivity contribution in [2.24, 2.45) is 0 Å². The van der Waals surface area contributed by atoms with Crippen molar-refractivity contribution in [1.29, 1.82) is 5.26 Å². The molecule has 1 aliphatic heterocycles. The molecule has 0 bridgehead atoms. The van der Waals surface area contributed by atoms with Crippen molar-refractivity contribution >= 4 is 29.3 Å². The molecule has 1 atom stereocenters. The van der Waals surface area contributed by atoms with Crippen molar-refractivity contribution in [3.8, 4) is 6.07 Å². The zero-order valence-electron chi connectivity index (χ0n) is 15.1. The Morgan fingerprint density at radius 3 is 2.44 bits per heavy atom. The summed E-state index contributed by atoms with van der Waals surface area (Å²) in [4.78, 5) is 26.8. The van der Waals surface area contributed by atoms with Gasteiger partial charge in [0, 0.05) is 12.7 Å². The third-order valence-corrected chi connectivity index (χ3v) is 5.55. The highest BCUT2D eigenvalue weighted by Gasteiger charge is 2.40. The fraction of sp³-hybridized carbons (Fsp3) is 0.190. The summed E-state index contributed by atoms with van der Waals surface area (Å²) in [6.07, 6.45) is 0.530. The lowest BCUT2D eigenvalue weighted by Crippen LogP contribution is -2.31. The molecule has 1 aliphatic rings. The molecule has 5 nitrogen and oxygen atoms in total. The molecule has 1 heterocycles. The highest BCUT2D eigenvalue weighted by Crippen LogP contribution is 2.41. The Kier molecular flexibility index (Phi) is 5.63. The summed E-state index contributed by atoms with van der Waals surface area (Å²) in [5.41, 5.74) is 2.70. The number of amides is 2. The predicted octanol–water partition coefficient (Wildman–Crippen LogP) is 3.17. The Balaban J connectivity index is 2.04. The predicted molar refractivity (Wildman–Crippen MR) is 107 cm³/mol. The van der Waals surface area contributed by atoms with Crippen LogP contribution in [0.2, 0.25) is 0 Å². The maximum Gasteiger partial charge on any atom is 0.264 e. The lowest BCUT2D eigenvalue weighted by atomic mass is 10.1. The van der Waals surface area contributed by atoms with E-state index in [1.165, 1.54) is 23.7 Å². The zero-order valence-corrected chi connectivity index (χ0v) is 15.9. The Bertz CT molecular complexity index is 930. The number of benzene rings is 2. The highest BCUT2D eigenvalue weighted by atomic mass is 32.2. The van der Waals surface area contributed by atoms with Crippen molar-refractivity contribution in [3.63, 3.8) is 0 Å². The van der Waals surface area contributed by atoms with Crippen molar-refractivity contribution < 1.29 is 9.59 Å². The number of nitrogens with one attached hydrogen (secondary N) is 1. The summed E-state index contributed by atoms with van der Waals surface area (Å²) in [6.45, 7) is 1.96. The fourth-order valence-corrected chi connectivity index (χ4v) is 4.18. The number of carbonyl (C=O) groups excluding carboxylic acids is 2. The molecular formula is C21H19N3O2S. The van der Waals surface area contributed by atoms with Gasteiger partial charge in [-0.1, -0.05) is 59.8 Å². The Morgan fingerprint density at radius 1 is 1.19 bits per heavy atom. The maximum absolute atomic E-state index is 13.2. The van der Waals surface area contributed by atoms with E-state index in [0.29, 0.717) is 17.1 Å². The molecule has 1 fully saturated rings. The highest BCUT2D eigenvalue weighted by molar-refractivity contribution is 8.05. The molecule has 0 saturated carbocycles. The smallest absolute Gasteiger partial charge is 0.264 e. The first kappa shape index (κ1) is 18.7. The number of rotatable bonds is 4. The van der Waals surface area contributed by atoms with Gasteiger partial charge in [-0.25, -0.2) is 0 Å². The van der Waals surface area contributed by atoms with E-state index >= 15 is 0 Å². The summed E-state index contributed by atoms with van der Waals surface area (Å²) in [5.74, 6) is -0.621. The summed E-state index contributed by atoms with van der Waals surface area (Å²) in [6, 6.07) is 19.2. The molecule has 6 heteroatoms. The van der Waals surface area contributed by atoms with E-state index in [1.54, 1.807) is 0 Å². The summed E-state index contributed by atoms with van der Waals surface area (Å²) < 4.78 is 0. The van der Waals surface area contributed by atoms with Gasteiger partial charge in [0.05, 0.1) is 5.25 Å². The molecule has 2 aromatic rings. The van der Waals surface area contributed by atoms with Crippen LogP contribution in [0.1, 0.15) is 11.1 Å². The quantitative estimate of drug-likeness (QED) is 0.656. The van der Waals surface area contributed by atoms with Gasteiger partial charge < -0.3 is 5.32 Å². The van der Waals surface area contributed by atoms with Gasteiger partial charge in [-0.2, -0.15) is 5.26 Å². The van der Waals surface area contributed by atoms with Crippen LogP contribution in [0.25, 0.3) is 0 Å². The topological polar surface area (TPSA) is 73.2 Å². The van der Waals surface area contributed by atoms with E-state index in [4.69, 9.17) is 0 Å². The molecule has 0 aliphatic carbocycles. The molecule has 0 unspecified atom stereocenters. The molecule has 0 spiro atoms. The Hall–Kier alpha value is -3.04. The van der Waals surface area contributed by atoms with Gasteiger partial charge in [-0.05, 0) is 31.0 Å². The number of nitriles is 1.